The molecular weight excluding hydrogens is 481 g/mol. The van der Waals surface area contributed by atoms with Crippen LogP contribution in [0.5, 0.6) is 5.75 Å². The van der Waals surface area contributed by atoms with Crippen molar-refractivity contribution in [1.29, 1.82) is 0 Å². The van der Waals surface area contributed by atoms with E-state index in [2.05, 4.69) is 10.4 Å². The Bertz CT molecular complexity index is 1130. The first-order valence-electron chi connectivity index (χ1n) is 11.6. The number of hydrogen-bond acceptors (Lipinski definition) is 6. The number of aliphatic hydroxyl groups is 2. The number of aromatic nitrogens is 2. The van der Waals surface area contributed by atoms with E-state index < -0.39 is 53.6 Å². The summed E-state index contributed by atoms with van der Waals surface area (Å²) in [6.07, 6.45) is 3.04. The summed E-state index contributed by atoms with van der Waals surface area (Å²) >= 11 is 0. The van der Waals surface area contributed by atoms with Crippen LogP contribution in [0.25, 0.3) is 0 Å². The second-order valence-electron chi connectivity index (χ2n) is 9.06. The first-order valence-corrected chi connectivity index (χ1v) is 11.6. The van der Waals surface area contributed by atoms with Gasteiger partial charge in [-0.05, 0) is 25.0 Å². The van der Waals surface area contributed by atoms with Crippen LogP contribution in [0, 0.1) is 11.6 Å². The topological polar surface area (TPSA) is 117 Å². The summed E-state index contributed by atoms with van der Waals surface area (Å²) in [5.74, 6) is -3.89. The van der Waals surface area contributed by atoms with E-state index in [1.54, 1.807) is 0 Å². The summed E-state index contributed by atoms with van der Waals surface area (Å²) < 4.78 is 50.1. The molecule has 2 aromatic rings. The molecule has 2 atom stereocenters. The van der Waals surface area contributed by atoms with Crippen molar-refractivity contribution in [1.82, 2.24) is 14.7 Å². The Hall–Kier alpha value is -3.38. The van der Waals surface area contributed by atoms with E-state index in [1.165, 1.54) is 23.0 Å². The molecule has 1 aliphatic carbocycles. The monoisotopic (exact) mass is 508 g/mol. The molecule has 194 valence electrons. The lowest BCUT2D eigenvalue weighted by atomic mass is 9.93. The first kappa shape index (κ1) is 25.7. The molecule has 4 rings (SSSR count). The van der Waals surface area contributed by atoms with Crippen LogP contribution in [0.15, 0.2) is 42.3 Å². The zero-order chi connectivity index (χ0) is 25.9. The van der Waals surface area contributed by atoms with Gasteiger partial charge in [-0.25, -0.2) is 13.2 Å². The van der Waals surface area contributed by atoms with Crippen LogP contribution in [-0.4, -0.2) is 67.7 Å². The summed E-state index contributed by atoms with van der Waals surface area (Å²) in [7, 11) is 0. The quantitative estimate of drug-likeness (QED) is 0.454. The summed E-state index contributed by atoms with van der Waals surface area (Å²) in [5, 5.41) is 25.2. The lowest BCUT2D eigenvalue weighted by Crippen LogP contribution is -2.48. The maximum absolute atomic E-state index is 15.4. The van der Waals surface area contributed by atoms with Gasteiger partial charge >= 0.3 is 0 Å². The van der Waals surface area contributed by atoms with E-state index in [-0.39, 0.29) is 43.9 Å². The van der Waals surface area contributed by atoms with E-state index in [9.17, 15) is 23.5 Å². The summed E-state index contributed by atoms with van der Waals surface area (Å²) in [4.78, 5) is 27.1. The average molecular weight is 508 g/mol. The number of para-hydroxylation sites is 1. The van der Waals surface area contributed by atoms with Crippen molar-refractivity contribution in [3.05, 3.63) is 53.9 Å². The predicted molar refractivity (Wildman–Crippen MR) is 121 cm³/mol. The Labute approximate surface area is 205 Å². The van der Waals surface area contributed by atoms with E-state index in [4.69, 9.17) is 9.84 Å². The van der Waals surface area contributed by atoms with Crippen LogP contribution < -0.4 is 10.1 Å². The SMILES string of the molecule is O=C(Nc1ccn(CC(O)CO)n1)C(CC1(F)CCCC1)N1CC(Oc2c(F)cccc2F)=CC1=O. The molecule has 1 aromatic heterocycles. The van der Waals surface area contributed by atoms with Crippen molar-refractivity contribution in [2.75, 3.05) is 18.5 Å². The summed E-state index contributed by atoms with van der Waals surface area (Å²) in [6.45, 7) is -0.753. The van der Waals surface area contributed by atoms with E-state index in [1.807, 2.05) is 0 Å². The van der Waals surface area contributed by atoms with Gasteiger partial charge in [0.25, 0.3) is 5.91 Å². The standard InChI is InChI=1S/C24H27F3N4O5/c25-17-4-3-5-18(26)22(17)36-16-10-21(34)31(13-16)19(11-24(27)7-1-2-8-24)23(35)28-20-6-9-30(29-20)12-15(33)14-32/h3-6,9-10,15,19,32-33H,1-2,7-8,11-14H2,(H,28,29,35). The number of alkyl halides is 1. The molecule has 0 radical (unpaired) electrons. The fraction of sp³-hybridized carbons (Fsp3) is 0.458. The van der Waals surface area contributed by atoms with Gasteiger partial charge in [0.05, 0.1) is 25.8 Å². The number of nitrogens with zero attached hydrogens (tertiary/aromatic N) is 3. The maximum Gasteiger partial charge on any atom is 0.251 e. The van der Waals surface area contributed by atoms with Crippen molar-refractivity contribution >= 4 is 17.6 Å². The highest BCUT2D eigenvalue weighted by Crippen LogP contribution is 2.39. The minimum absolute atomic E-state index is 0.00871. The number of aliphatic hydroxyl groups excluding tert-OH is 2. The number of carbonyl (C=O) groups is 2. The summed E-state index contributed by atoms with van der Waals surface area (Å²) in [5.41, 5.74) is -1.64. The highest BCUT2D eigenvalue weighted by atomic mass is 19.1. The van der Waals surface area contributed by atoms with Crippen LogP contribution in [0.2, 0.25) is 0 Å². The number of benzene rings is 1. The molecule has 1 saturated carbocycles. The number of rotatable bonds is 10. The van der Waals surface area contributed by atoms with Gasteiger partial charge in [-0.15, -0.1) is 0 Å². The van der Waals surface area contributed by atoms with Gasteiger partial charge in [-0.3, -0.25) is 14.3 Å². The Kier molecular flexibility index (Phi) is 7.65. The molecule has 36 heavy (non-hydrogen) atoms. The van der Waals surface area contributed by atoms with Crippen LogP contribution in [0.1, 0.15) is 32.1 Å². The third-order valence-corrected chi connectivity index (χ3v) is 6.28. The fourth-order valence-corrected chi connectivity index (χ4v) is 4.47. The van der Waals surface area contributed by atoms with Gasteiger partial charge in [-0.1, -0.05) is 18.9 Å². The molecular formula is C24H27F3N4O5. The molecule has 1 aliphatic heterocycles. The molecule has 2 amide bonds. The van der Waals surface area contributed by atoms with E-state index in [0.29, 0.717) is 12.8 Å². The number of nitrogens with one attached hydrogen (secondary N) is 1. The van der Waals surface area contributed by atoms with Crippen molar-refractivity contribution < 1.29 is 37.7 Å². The molecule has 3 N–H and O–H groups in total. The van der Waals surface area contributed by atoms with Crippen LogP contribution in [0.4, 0.5) is 19.0 Å². The molecule has 9 nitrogen and oxygen atoms in total. The first-order chi connectivity index (χ1) is 17.2. The maximum atomic E-state index is 15.4. The molecule has 12 heteroatoms. The third-order valence-electron chi connectivity index (χ3n) is 6.28. The molecule has 0 saturated heterocycles. The number of amides is 2. The van der Waals surface area contributed by atoms with Crippen LogP contribution in [-0.2, 0) is 16.1 Å². The number of carbonyl (C=O) groups excluding carboxylic acids is 2. The second kappa shape index (κ2) is 10.7. The zero-order valence-corrected chi connectivity index (χ0v) is 19.4. The minimum atomic E-state index is -1.64. The molecule has 1 aromatic carbocycles. The van der Waals surface area contributed by atoms with Gasteiger partial charge in [0.2, 0.25) is 5.91 Å². The molecule has 2 unspecified atom stereocenters. The third kappa shape index (κ3) is 5.88. The van der Waals surface area contributed by atoms with Crippen LogP contribution >= 0.6 is 0 Å². The molecule has 2 heterocycles. The lowest BCUT2D eigenvalue weighted by molar-refractivity contribution is -0.134. The van der Waals surface area contributed by atoms with E-state index >= 15 is 4.39 Å². The Morgan fingerprint density at radius 1 is 1.22 bits per heavy atom. The largest absolute Gasteiger partial charge is 0.453 e. The van der Waals surface area contributed by atoms with Gasteiger partial charge < -0.3 is 25.2 Å². The van der Waals surface area contributed by atoms with Crippen LogP contribution in [0.3, 0.4) is 0 Å². The van der Waals surface area contributed by atoms with Gasteiger partial charge in [0.15, 0.2) is 23.2 Å². The second-order valence-corrected chi connectivity index (χ2v) is 9.06. The molecule has 2 aliphatic rings. The Balaban J connectivity index is 1.50. The lowest BCUT2D eigenvalue weighted by Gasteiger charge is -2.31. The van der Waals surface area contributed by atoms with Gasteiger partial charge in [0.1, 0.15) is 17.5 Å². The Morgan fingerprint density at radius 3 is 2.58 bits per heavy atom. The molecule has 1 fully saturated rings. The predicted octanol–water partition coefficient (Wildman–Crippen LogP) is 2.30. The fourth-order valence-electron chi connectivity index (χ4n) is 4.47. The average Bonchev–Trinajstić information content (AvgIpc) is 3.55. The zero-order valence-electron chi connectivity index (χ0n) is 19.4. The van der Waals surface area contributed by atoms with Crippen molar-refractivity contribution in [2.45, 2.75) is 56.5 Å². The minimum Gasteiger partial charge on any atom is -0.453 e. The smallest absolute Gasteiger partial charge is 0.251 e. The number of halogens is 3. The number of anilines is 1. The molecule has 0 spiro atoms. The normalized spacial score (nSPS) is 18.8. The van der Waals surface area contributed by atoms with Crippen molar-refractivity contribution in [3.8, 4) is 5.75 Å². The number of ether oxygens (including phenoxy) is 1. The Morgan fingerprint density at radius 2 is 1.92 bits per heavy atom. The highest BCUT2D eigenvalue weighted by molar-refractivity contribution is 6.00. The van der Waals surface area contributed by atoms with Gasteiger partial charge in [0, 0.05) is 24.8 Å². The highest BCUT2D eigenvalue weighted by Gasteiger charge is 2.43. The van der Waals surface area contributed by atoms with E-state index in [0.717, 1.165) is 23.1 Å². The van der Waals surface area contributed by atoms with Crippen molar-refractivity contribution in [3.63, 3.8) is 0 Å². The molecule has 0 bridgehead atoms. The van der Waals surface area contributed by atoms with Gasteiger partial charge in [-0.2, -0.15) is 5.10 Å². The summed E-state index contributed by atoms with van der Waals surface area (Å²) in [6, 6.07) is 3.41. The van der Waals surface area contributed by atoms with Crippen molar-refractivity contribution in [2.24, 2.45) is 0 Å². The number of hydrogen-bond donors (Lipinski definition) is 3.